The zero-order chi connectivity index (χ0) is 18.1. The summed E-state index contributed by atoms with van der Waals surface area (Å²) in [6.07, 6.45) is 2.93. The smallest absolute Gasteiger partial charge is 0.0629 e. The molecule has 8 heteroatoms. The van der Waals surface area contributed by atoms with Crippen molar-refractivity contribution < 1.29 is 40.1 Å². The van der Waals surface area contributed by atoms with Gasteiger partial charge < -0.3 is 40.1 Å². The minimum absolute atomic E-state index is 0.0212. The Morgan fingerprint density at radius 3 is 1.00 bits per heavy atom. The molecule has 0 heterocycles. The van der Waals surface area contributed by atoms with E-state index < -0.39 is 10.8 Å². The minimum Gasteiger partial charge on any atom is -0.396 e. The van der Waals surface area contributed by atoms with Gasteiger partial charge in [0.25, 0.3) is 0 Å². The van der Waals surface area contributed by atoms with Gasteiger partial charge in [0.1, 0.15) is 0 Å². The summed E-state index contributed by atoms with van der Waals surface area (Å²) in [7, 11) is 0. The molecule has 0 saturated heterocycles. The van der Waals surface area contributed by atoms with Gasteiger partial charge in [-0.15, -0.1) is 0 Å². The number of aliphatic hydroxyl groups excluding tert-OH is 6. The summed E-state index contributed by atoms with van der Waals surface area (Å²) in [5.74, 6) is 0. The molecule has 0 aromatic heterocycles. The Labute approximate surface area is 142 Å². The summed E-state index contributed by atoms with van der Waals surface area (Å²) in [5.41, 5.74) is -2.04. The number of aliphatic hydroxyl groups is 6. The third-order valence-electron chi connectivity index (χ3n) is 4.88. The van der Waals surface area contributed by atoms with E-state index in [0.29, 0.717) is 0 Å². The van der Waals surface area contributed by atoms with E-state index in [1.807, 2.05) is 0 Å². The molecule has 0 aliphatic heterocycles. The third-order valence-corrected chi connectivity index (χ3v) is 4.88. The molecular weight excluding hydrogens is 320 g/mol. The second kappa shape index (κ2) is 10.6. The highest BCUT2D eigenvalue weighted by Gasteiger charge is 2.33. The normalized spacial score (nSPS) is 22.8. The maximum Gasteiger partial charge on any atom is 0.0629 e. The summed E-state index contributed by atoms with van der Waals surface area (Å²) < 4.78 is 11.4. The first-order valence-corrected chi connectivity index (χ1v) is 8.41. The molecule has 0 aromatic carbocycles. The molecular formula is C16H32O8. The van der Waals surface area contributed by atoms with E-state index in [4.69, 9.17) is 9.47 Å². The summed E-state index contributed by atoms with van der Waals surface area (Å²) in [5, 5.41) is 55.7. The Morgan fingerprint density at radius 1 is 0.542 bits per heavy atom. The van der Waals surface area contributed by atoms with Gasteiger partial charge in [0.05, 0.1) is 75.9 Å². The maximum atomic E-state index is 9.28. The van der Waals surface area contributed by atoms with Gasteiger partial charge in [-0.3, -0.25) is 0 Å². The van der Waals surface area contributed by atoms with Crippen LogP contribution in [0, 0.1) is 10.8 Å². The maximum absolute atomic E-state index is 9.28. The van der Waals surface area contributed by atoms with E-state index in [9.17, 15) is 30.6 Å². The Bertz CT molecular complexity index is 274. The lowest BCUT2D eigenvalue weighted by molar-refractivity contribution is -0.113. The molecule has 1 aliphatic rings. The molecule has 0 bridgehead atoms. The van der Waals surface area contributed by atoms with Gasteiger partial charge in [-0.05, 0) is 25.7 Å². The van der Waals surface area contributed by atoms with E-state index in [1.165, 1.54) is 0 Å². The second-order valence-corrected chi connectivity index (χ2v) is 6.97. The zero-order valence-electron chi connectivity index (χ0n) is 14.1. The number of hydrogen-bond acceptors (Lipinski definition) is 8. The highest BCUT2D eigenvalue weighted by atomic mass is 16.5. The summed E-state index contributed by atoms with van der Waals surface area (Å²) in [6, 6.07) is 0. The SMILES string of the molecule is OCC(CO)(CO)COC1CCC(OCC(CO)(CO)CO)CC1. The minimum atomic E-state index is -1.02. The first-order valence-electron chi connectivity index (χ1n) is 8.41. The van der Waals surface area contributed by atoms with Crippen molar-refractivity contribution in [2.75, 3.05) is 52.9 Å². The molecule has 8 nitrogen and oxygen atoms in total. The monoisotopic (exact) mass is 352 g/mol. The number of rotatable bonds is 12. The van der Waals surface area contributed by atoms with E-state index in [1.54, 1.807) is 0 Å². The summed E-state index contributed by atoms with van der Waals surface area (Å²) in [6.45, 7) is -1.87. The molecule has 0 radical (unpaired) electrons. The Morgan fingerprint density at radius 2 is 0.792 bits per heavy atom. The molecule has 0 amide bonds. The van der Waals surface area contributed by atoms with Crippen LogP contribution in [0.3, 0.4) is 0 Å². The summed E-state index contributed by atoms with van der Waals surface area (Å²) in [4.78, 5) is 0. The first kappa shape index (κ1) is 21.7. The van der Waals surface area contributed by atoms with Crippen LogP contribution in [0.25, 0.3) is 0 Å². The standard InChI is InChI=1S/C16H32O8/c17-5-15(6-18,7-19)11-23-13-1-2-14(4-3-13)24-12-16(8-20,9-21)10-22/h13-14,17-22H,1-12H2. The molecule has 1 fully saturated rings. The van der Waals surface area contributed by atoms with Gasteiger partial charge in [-0.2, -0.15) is 0 Å². The lowest BCUT2D eigenvalue weighted by Crippen LogP contribution is -2.42. The van der Waals surface area contributed by atoms with Crippen LogP contribution in [0.5, 0.6) is 0 Å². The molecule has 6 N–H and O–H groups in total. The van der Waals surface area contributed by atoms with Crippen molar-refractivity contribution in [3.63, 3.8) is 0 Å². The van der Waals surface area contributed by atoms with Crippen molar-refractivity contribution in [2.45, 2.75) is 37.9 Å². The average Bonchev–Trinajstić information content (AvgIpc) is 2.66. The quantitative estimate of drug-likeness (QED) is 0.243. The van der Waals surface area contributed by atoms with E-state index in [2.05, 4.69) is 0 Å². The van der Waals surface area contributed by atoms with Gasteiger partial charge in [0.15, 0.2) is 0 Å². The highest BCUT2D eigenvalue weighted by Crippen LogP contribution is 2.27. The molecule has 144 valence electrons. The first-order chi connectivity index (χ1) is 11.5. The molecule has 0 unspecified atom stereocenters. The molecule has 1 rings (SSSR count). The fourth-order valence-electron chi connectivity index (χ4n) is 2.53. The summed E-state index contributed by atoms with van der Waals surface area (Å²) >= 11 is 0. The van der Waals surface area contributed by atoms with E-state index in [-0.39, 0.29) is 65.1 Å². The van der Waals surface area contributed by atoms with Crippen molar-refractivity contribution in [1.82, 2.24) is 0 Å². The van der Waals surface area contributed by atoms with Gasteiger partial charge in [0, 0.05) is 0 Å². The van der Waals surface area contributed by atoms with Crippen LogP contribution in [0.2, 0.25) is 0 Å². The average molecular weight is 352 g/mol. The molecule has 0 atom stereocenters. The highest BCUT2D eigenvalue weighted by molar-refractivity contribution is 4.81. The second-order valence-electron chi connectivity index (χ2n) is 6.97. The van der Waals surface area contributed by atoms with Crippen LogP contribution in [0.1, 0.15) is 25.7 Å². The molecule has 1 aliphatic carbocycles. The van der Waals surface area contributed by atoms with E-state index in [0.717, 1.165) is 25.7 Å². The number of ether oxygens (including phenoxy) is 2. The lowest BCUT2D eigenvalue weighted by atomic mass is 9.90. The van der Waals surface area contributed by atoms with Gasteiger partial charge >= 0.3 is 0 Å². The Balaban J connectivity index is 2.34. The van der Waals surface area contributed by atoms with Crippen molar-refractivity contribution >= 4 is 0 Å². The van der Waals surface area contributed by atoms with Gasteiger partial charge in [-0.1, -0.05) is 0 Å². The molecule has 1 saturated carbocycles. The van der Waals surface area contributed by atoms with Crippen LogP contribution in [0.4, 0.5) is 0 Å². The van der Waals surface area contributed by atoms with Crippen molar-refractivity contribution in [1.29, 1.82) is 0 Å². The molecule has 0 spiro atoms. The van der Waals surface area contributed by atoms with Crippen molar-refractivity contribution in [3.8, 4) is 0 Å². The van der Waals surface area contributed by atoms with Crippen LogP contribution in [0.15, 0.2) is 0 Å². The predicted molar refractivity (Wildman–Crippen MR) is 85.3 cm³/mol. The zero-order valence-corrected chi connectivity index (χ0v) is 14.1. The van der Waals surface area contributed by atoms with E-state index >= 15 is 0 Å². The lowest BCUT2D eigenvalue weighted by Gasteiger charge is -2.34. The fraction of sp³-hybridized carbons (Fsp3) is 1.00. The van der Waals surface area contributed by atoms with Gasteiger partial charge in [0.2, 0.25) is 0 Å². The Kier molecular flexibility index (Phi) is 9.61. The van der Waals surface area contributed by atoms with Crippen molar-refractivity contribution in [2.24, 2.45) is 10.8 Å². The van der Waals surface area contributed by atoms with Crippen LogP contribution in [-0.4, -0.2) is 95.7 Å². The molecule has 24 heavy (non-hydrogen) atoms. The predicted octanol–water partition coefficient (Wildman–Crippen LogP) is -1.74. The van der Waals surface area contributed by atoms with Crippen LogP contribution >= 0.6 is 0 Å². The van der Waals surface area contributed by atoms with Gasteiger partial charge in [-0.25, -0.2) is 0 Å². The molecule has 0 aromatic rings. The Hall–Kier alpha value is -0.320. The number of hydrogen-bond donors (Lipinski definition) is 6. The largest absolute Gasteiger partial charge is 0.396 e. The van der Waals surface area contributed by atoms with Crippen LogP contribution < -0.4 is 0 Å². The topological polar surface area (TPSA) is 140 Å². The van der Waals surface area contributed by atoms with Crippen LogP contribution in [-0.2, 0) is 9.47 Å². The third kappa shape index (κ3) is 5.89. The fourth-order valence-corrected chi connectivity index (χ4v) is 2.53. The van der Waals surface area contributed by atoms with Crippen molar-refractivity contribution in [3.05, 3.63) is 0 Å².